The van der Waals surface area contributed by atoms with Crippen LogP contribution >= 0.6 is 0 Å². The number of aryl methyl sites for hydroxylation is 3. The van der Waals surface area contributed by atoms with Gasteiger partial charge >= 0.3 is 6.18 Å². The van der Waals surface area contributed by atoms with E-state index >= 15 is 0 Å². The first kappa shape index (κ1) is 23.8. The minimum Gasteiger partial charge on any atom is -0.486 e. The highest BCUT2D eigenvalue weighted by Gasteiger charge is 2.34. The van der Waals surface area contributed by atoms with Crippen molar-refractivity contribution in [2.75, 3.05) is 6.54 Å². The Kier molecular flexibility index (Phi) is 7.04. The second kappa shape index (κ2) is 9.76. The zero-order valence-electron chi connectivity index (χ0n) is 17.8. The third kappa shape index (κ3) is 6.11. The Bertz CT molecular complexity index is 1150. The van der Waals surface area contributed by atoms with Gasteiger partial charge in [0.1, 0.15) is 18.1 Å². The molecule has 0 unspecified atom stereocenters. The summed E-state index contributed by atoms with van der Waals surface area (Å²) in [5.74, 6) is 0.384. The molecule has 33 heavy (non-hydrogen) atoms. The summed E-state index contributed by atoms with van der Waals surface area (Å²) in [5.41, 5.74) is -0.120. The standard InChI is InChI=1S/C21H21F3N4O5/c1-13-10-15(4-6-17(13)28(30)31)32-12-16-5-7-18(33-16)20(29)25-8-3-9-27-14(2)11-19(26-27)21(22,23)24/h4-7,10-11H,3,8-9,12H2,1-2H3,(H,25,29). The molecule has 0 atom stereocenters. The number of carbonyl (C=O) groups is 1. The summed E-state index contributed by atoms with van der Waals surface area (Å²) >= 11 is 0. The Morgan fingerprint density at radius 3 is 2.64 bits per heavy atom. The molecule has 1 amide bonds. The molecule has 0 radical (unpaired) electrons. The molecule has 0 saturated heterocycles. The van der Waals surface area contributed by atoms with Gasteiger partial charge in [-0.05, 0) is 50.6 Å². The van der Waals surface area contributed by atoms with Gasteiger partial charge in [-0.25, -0.2) is 0 Å². The van der Waals surface area contributed by atoms with E-state index in [9.17, 15) is 28.1 Å². The third-order valence-corrected chi connectivity index (χ3v) is 4.74. The Morgan fingerprint density at radius 1 is 1.24 bits per heavy atom. The van der Waals surface area contributed by atoms with Crippen molar-refractivity contribution in [3.05, 3.63) is 75.0 Å². The number of nitro benzene ring substituents is 1. The number of nitrogens with one attached hydrogen (secondary N) is 1. The molecule has 0 aliphatic rings. The molecule has 12 heteroatoms. The molecule has 0 aliphatic heterocycles. The SMILES string of the molecule is Cc1cc(OCc2ccc(C(=O)NCCCn3nc(C(F)(F)F)cc3C)o2)ccc1[N+](=O)[O-]. The molecule has 0 aliphatic carbocycles. The van der Waals surface area contributed by atoms with Crippen molar-refractivity contribution in [3.63, 3.8) is 0 Å². The summed E-state index contributed by atoms with van der Waals surface area (Å²) in [5, 5.41) is 17.0. The smallest absolute Gasteiger partial charge is 0.435 e. The molecule has 0 spiro atoms. The Labute approximate surface area is 186 Å². The van der Waals surface area contributed by atoms with Crippen LogP contribution in [0.1, 0.15) is 39.7 Å². The van der Waals surface area contributed by atoms with Crippen molar-refractivity contribution in [2.24, 2.45) is 0 Å². The van der Waals surface area contributed by atoms with Gasteiger partial charge in [-0.3, -0.25) is 19.6 Å². The number of ether oxygens (including phenoxy) is 1. The van der Waals surface area contributed by atoms with E-state index in [1.165, 1.54) is 35.9 Å². The van der Waals surface area contributed by atoms with Crippen LogP contribution in [-0.4, -0.2) is 27.2 Å². The van der Waals surface area contributed by atoms with Crippen molar-refractivity contribution >= 4 is 11.6 Å². The second-order valence-corrected chi connectivity index (χ2v) is 7.26. The molecule has 2 heterocycles. The molecule has 1 N–H and O–H groups in total. The van der Waals surface area contributed by atoms with Crippen molar-refractivity contribution in [2.45, 2.75) is 39.6 Å². The number of nitro groups is 1. The molecule has 2 aromatic heterocycles. The Morgan fingerprint density at radius 2 is 2.00 bits per heavy atom. The quantitative estimate of drug-likeness (QED) is 0.284. The number of amides is 1. The predicted molar refractivity (Wildman–Crippen MR) is 110 cm³/mol. The van der Waals surface area contributed by atoms with Crippen LogP contribution in [0.15, 0.2) is 40.8 Å². The molecule has 0 saturated carbocycles. The topological polar surface area (TPSA) is 112 Å². The van der Waals surface area contributed by atoms with Gasteiger partial charge in [0.15, 0.2) is 11.5 Å². The van der Waals surface area contributed by atoms with E-state index in [1.807, 2.05) is 0 Å². The number of nitrogens with zero attached hydrogens (tertiary/aromatic N) is 3. The fourth-order valence-corrected chi connectivity index (χ4v) is 3.05. The van der Waals surface area contributed by atoms with Gasteiger partial charge in [0.25, 0.3) is 11.6 Å². The maximum Gasteiger partial charge on any atom is 0.435 e. The summed E-state index contributed by atoms with van der Waals surface area (Å²) in [6.45, 7) is 3.58. The van der Waals surface area contributed by atoms with Crippen molar-refractivity contribution in [1.82, 2.24) is 15.1 Å². The van der Waals surface area contributed by atoms with E-state index in [0.29, 0.717) is 29.2 Å². The molecule has 9 nitrogen and oxygen atoms in total. The van der Waals surface area contributed by atoms with Gasteiger partial charge in [0.05, 0.1) is 4.92 Å². The lowest BCUT2D eigenvalue weighted by Gasteiger charge is -2.06. The molecule has 3 rings (SSSR count). The lowest BCUT2D eigenvalue weighted by atomic mass is 10.2. The van der Waals surface area contributed by atoms with Crippen LogP contribution in [0, 0.1) is 24.0 Å². The summed E-state index contributed by atoms with van der Waals surface area (Å²) < 4.78 is 50.3. The summed E-state index contributed by atoms with van der Waals surface area (Å²) in [6.07, 6.45) is -4.12. The number of alkyl halides is 3. The van der Waals surface area contributed by atoms with Gasteiger partial charge in [-0.15, -0.1) is 0 Å². The van der Waals surface area contributed by atoms with E-state index in [0.717, 1.165) is 6.07 Å². The van der Waals surface area contributed by atoms with Crippen LogP contribution in [0.3, 0.4) is 0 Å². The maximum absolute atomic E-state index is 12.7. The summed E-state index contributed by atoms with van der Waals surface area (Å²) in [6, 6.07) is 8.37. The monoisotopic (exact) mass is 466 g/mol. The van der Waals surface area contributed by atoms with Crippen LogP contribution in [-0.2, 0) is 19.3 Å². The van der Waals surface area contributed by atoms with Gasteiger partial charge < -0.3 is 14.5 Å². The minimum absolute atomic E-state index is 0.0113. The largest absolute Gasteiger partial charge is 0.486 e. The lowest BCUT2D eigenvalue weighted by Crippen LogP contribution is -2.25. The fraction of sp³-hybridized carbons (Fsp3) is 0.333. The molecule has 3 aromatic rings. The lowest BCUT2D eigenvalue weighted by molar-refractivity contribution is -0.385. The van der Waals surface area contributed by atoms with Crippen molar-refractivity contribution < 1.29 is 32.0 Å². The van der Waals surface area contributed by atoms with E-state index in [-0.39, 0.29) is 31.1 Å². The fourth-order valence-electron chi connectivity index (χ4n) is 3.05. The van der Waals surface area contributed by atoms with E-state index in [4.69, 9.17) is 9.15 Å². The number of hydrogen-bond acceptors (Lipinski definition) is 6. The maximum atomic E-state index is 12.7. The molecule has 176 valence electrons. The minimum atomic E-state index is -4.50. The number of benzene rings is 1. The molecule has 0 bridgehead atoms. The Balaban J connectivity index is 1.46. The van der Waals surface area contributed by atoms with Crippen molar-refractivity contribution in [1.29, 1.82) is 0 Å². The second-order valence-electron chi connectivity index (χ2n) is 7.26. The highest BCUT2D eigenvalue weighted by atomic mass is 19.4. The highest BCUT2D eigenvalue weighted by Crippen LogP contribution is 2.28. The van der Waals surface area contributed by atoms with Gasteiger partial charge in [-0.1, -0.05) is 0 Å². The number of halogens is 3. The Hall–Kier alpha value is -3.83. The van der Waals surface area contributed by atoms with Gasteiger partial charge in [-0.2, -0.15) is 18.3 Å². The van der Waals surface area contributed by atoms with E-state index in [1.54, 1.807) is 13.0 Å². The first-order valence-corrected chi connectivity index (χ1v) is 9.91. The first-order chi connectivity index (χ1) is 15.5. The van der Waals surface area contributed by atoms with Crippen LogP contribution in [0.2, 0.25) is 0 Å². The zero-order valence-corrected chi connectivity index (χ0v) is 17.8. The summed E-state index contributed by atoms with van der Waals surface area (Å²) in [7, 11) is 0. The average Bonchev–Trinajstić information content (AvgIpc) is 3.36. The normalized spacial score (nSPS) is 11.4. The van der Waals surface area contributed by atoms with E-state index < -0.39 is 22.7 Å². The summed E-state index contributed by atoms with van der Waals surface area (Å²) in [4.78, 5) is 22.6. The number of aromatic nitrogens is 2. The van der Waals surface area contributed by atoms with Gasteiger partial charge in [0, 0.05) is 30.4 Å². The first-order valence-electron chi connectivity index (χ1n) is 9.91. The number of carbonyl (C=O) groups excluding carboxylic acids is 1. The molecule has 0 fully saturated rings. The van der Waals surface area contributed by atoms with E-state index in [2.05, 4.69) is 10.4 Å². The number of hydrogen-bond donors (Lipinski definition) is 1. The number of furan rings is 1. The van der Waals surface area contributed by atoms with Crippen LogP contribution in [0.4, 0.5) is 18.9 Å². The van der Waals surface area contributed by atoms with Crippen LogP contribution in [0.5, 0.6) is 5.75 Å². The third-order valence-electron chi connectivity index (χ3n) is 4.74. The average molecular weight is 466 g/mol. The molecule has 1 aromatic carbocycles. The predicted octanol–water partition coefficient (Wildman–Crippen LogP) is 4.42. The van der Waals surface area contributed by atoms with Crippen LogP contribution < -0.4 is 10.1 Å². The molecular formula is C21H21F3N4O5. The molecular weight excluding hydrogens is 445 g/mol. The zero-order chi connectivity index (χ0) is 24.2. The van der Waals surface area contributed by atoms with Crippen LogP contribution in [0.25, 0.3) is 0 Å². The number of rotatable bonds is 9. The van der Waals surface area contributed by atoms with Gasteiger partial charge in [0.2, 0.25) is 0 Å². The highest BCUT2D eigenvalue weighted by molar-refractivity contribution is 5.91. The van der Waals surface area contributed by atoms with Crippen molar-refractivity contribution in [3.8, 4) is 5.75 Å².